The van der Waals surface area contributed by atoms with E-state index in [-0.39, 0.29) is 5.56 Å². The Labute approximate surface area is 130 Å². The first-order valence-electron chi connectivity index (χ1n) is 8.57. The molecule has 1 amide bonds. The zero-order valence-corrected chi connectivity index (χ0v) is 12.9. The van der Waals surface area contributed by atoms with Gasteiger partial charge in [-0.3, -0.25) is 9.59 Å². The zero-order valence-electron chi connectivity index (χ0n) is 12.9. The Kier molecular flexibility index (Phi) is 3.51. The van der Waals surface area contributed by atoms with E-state index >= 15 is 0 Å². The summed E-state index contributed by atoms with van der Waals surface area (Å²) in [6.45, 7) is 2.39. The van der Waals surface area contributed by atoms with E-state index in [0.29, 0.717) is 30.2 Å². The van der Waals surface area contributed by atoms with Crippen LogP contribution in [0.3, 0.4) is 0 Å². The number of piperidine rings is 1. The summed E-state index contributed by atoms with van der Waals surface area (Å²) in [4.78, 5) is 26.1. The highest BCUT2D eigenvalue weighted by Gasteiger charge is 2.35. The van der Waals surface area contributed by atoms with E-state index in [1.54, 1.807) is 10.7 Å². The topological polar surface area (TPSA) is 55.2 Å². The Morgan fingerprint density at radius 1 is 1.09 bits per heavy atom. The Morgan fingerprint density at radius 3 is 2.45 bits per heavy atom. The number of amides is 1. The number of rotatable bonds is 4. The molecule has 5 heteroatoms. The molecule has 22 heavy (non-hydrogen) atoms. The molecule has 0 atom stereocenters. The molecular formula is C17H23N3O2. The highest BCUT2D eigenvalue weighted by Crippen LogP contribution is 2.38. The molecule has 0 unspecified atom stereocenters. The maximum Gasteiger partial charge on any atom is 0.266 e. The van der Waals surface area contributed by atoms with Crippen LogP contribution in [0.4, 0.5) is 0 Å². The Morgan fingerprint density at radius 2 is 1.82 bits per heavy atom. The third-order valence-corrected chi connectivity index (χ3v) is 5.17. The van der Waals surface area contributed by atoms with Crippen molar-refractivity contribution >= 4 is 5.91 Å². The first-order valence-corrected chi connectivity index (χ1v) is 8.57. The van der Waals surface area contributed by atoms with Crippen LogP contribution in [0.5, 0.6) is 0 Å². The molecule has 0 spiro atoms. The maximum atomic E-state index is 12.1. The summed E-state index contributed by atoms with van der Waals surface area (Å²) in [7, 11) is 0. The Hall–Kier alpha value is -1.65. The molecule has 4 rings (SSSR count). The molecule has 0 aromatic carbocycles. The normalized spacial score (nSPS) is 22.8. The van der Waals surface area contributed by atoms with Crippen LogP contribution in [-0.4, -0.2) is 33.7 Å². The number of nitrogens with zero attached hydrogens (tertiary/aromatic N) is 3. The molecular weight excluding hydrogens is 278 g/mol. The van der Waals surface area contributed by atoms with Crippen molar-refractivity contribution in [1.29, 1.82) is 0 Å². The van der Waals surface area contributed by atoms with Crippen LogP contribution in [0.25, 0.3) is 0 Å². The van der Waals surface area contributed by atoms with Crippen molar-refractivity contribution < 1.29 is 4.79 Å². The van der Waals surface area contributed by atoms with Crippen LogP contribution in [0, 0.1) is 11.8 Å². The molecule has 0 N–H and O–H groups in total. The molecule has 2 saturated carbocycles. The second kappa shape index (κ2) is 5.52. The van der Waals surface area contributed by atoms with Gasteiger partial charge in [0, 0.05) is 37.5 Å². The lowest BCUT2D eigenvalue weighted by atomic mass is 9.96. The van der Waals surface area contributed by atoms with Gasteiger partial charge in [-0.1, -0.05) is 0 Å². The second-order valence-corrected chi connectivity index (χ2v) is 7.10. The Balaban J connectivity index is 1.37. The van der Waals surface area contributed by atoms with Gasteiger partial charge < -0.3 is 4.90 Å². The summed E-state index contributed by atoms with van der Waals surface area (Å²) < 4.78 is 1.65. The lowest BCUT2D eigenvalue weighted by molar-refractivity contribution is -0.134. The van der Waals surface area contributed by atoms with Crippen LogP contribution < -0.4 is 5.56 Å². The maximum absolute atomic E-state index is 12.1. The fourth-order valence-corrected chi connectivity index (χ4v) is 3.36. The lowest BCUT2D eigenvalue weighted by Crippen LogP contribution is -2.41. The van der Waals surface area contributed by atoms with Crippen molar-refractivity contribution in [2.75, 3.05) is 13.1 Å². The predicted octanol–water partition coefficient (Wildman–Crippen LogP) is 1.77. The van der Waals surface area contributed by atoms with Gasteiger partial charge in [-0.05, 0) is 50.5 Å². The van der Waals surface area contributed by atoms with Gasteiger partial charge in [-0.2, -0.15) is 5.10 Å². The fraction of sp³-hybridized carbons (Fsp3) is 0.706. The van der Waals surface area contributed by atoms with Gasteiger partial charge in [0.05, 0.1) is 5.69 Å². The minimum atomic E-state index is 0.000821. The van der Waals surface area contributed by atoms with Gasteiger partial charge in [-0.15, -0.1) is 0 Å². The summed E-state index contributed by atoms with van der Waals surface area (Å²) in [5, 5.41) is 4.54. The molecule has 2 aliphatic carbocycles. The number of carbonyl (C=O) groups is 1. The van der Waals surface area contributed by atoms with Gasteiger partial charge in [0.2, 0.25) is 5.91 Å². The van der Waals surface area contributed by atoms with E-state index in [1.807, 2.05) is 11.0 Å². The summed E-state index contributed by atoms with van der Waals surface area (Å²) in [5.41, 5.74) is 1.07. The predicted molar refractivity (Wildman–Crippen MR) is 82.5 cm³/mol. The lowest BCUT2D eigenvalue weighted by Gasteiger charge is -2.32. The van der Waals surface area contributed by atoms with Gasteiger partial charge in [0.15, 0.2) is 0 Å². The monoisotopic (exact) mass is 301 g/mol. The van der Waals surface area contributed by atoms with Gasteiger partial charge in [-0.25, -0.2) is 4.68 Å². The van der Waals surface area contributed by atoms with Crippen LogP contribution in [-0.2, 0) is 11.3 Å². The summed E-state index contributed by atoms with van der Waals surface area (Å²) in [6.07, 6.45) is 6.53. The standard InChI is InChI=1S/C17H23N3O2/c21-16-6-5-15(13-1-2-13)18-20(16)11-12-7-9-19(10-8-12)17(22)14-3-4-14/h5-6,12-14H,1-4,7-11H2. The fourth-order valence-electron chi connectivity index (χ4n) is 3.36. The third-order valence-electron chi connectivity index (χ3n) is 5.17. The van der Waals surface area contributed by atoms with E-state index in [1.165, 1.54) is 12.8 Å². The van der Waals surface area contributed by atoms with Crippen molar-refractivity contribution in [3.05, 3.63) is 28.2 Å². The summed E-state index contributed by atoms with van der Waals surface area (Å²) in [6, 6.07) is 3.54. The molecule has 1 saturated heterocycles. The highest BCUT2D eigenvalue weighted by atomic mass is 16.2. The van der Waals surface area contributed by atoms with Crippen molar-refractivity contribution in [2.45, 2.75) is 51.0 Å². The molecule has 118 valence electrons. The average molecular weight is 301 g/mol. The van der Waals surface area contributed by atoms with E-state index in [0.717, 1.165) is 44.5 Å². The summed E-state index contributed by atoms with van der Waals surface area (Å²) in [5.74, 6) is 1.70. The quantitative estimate of drug-likeness (QED) is 0.851. The minimum absolute atomic E-state index is 0.000821. The van der Waals surface area contributed by atoms with Crippen molar-refractivity contribution in [1.82, 2.24) is 14.7 Å². The Bertz CT molecular complexity index is 623. The molecule has 3 fully saturated rings. The smallest absolute Gasteiger partial charge is 0.266 e. The van der Waals surface area contributed by atoms with E-state index in [2.05, 4.69) is 5.10 Å². The average Bonchev–Trinajstić information content (AvgIpc) is 3.41. The molecule has 1 aliphatic heterocycles. The largest absolute Gasteiger partial charge is 0.342 e. The van der Waals surface area contributed by atoms with Crippen LogP contribution >= 0.6 is 0 Å². The zero-order chi connectivity index (χ0) is 15.1. The molecule has 1 aromatic heterocycles. The first kappa shape index (κ1) is 14.0. The van der Waals surface area contributed by atoms with E-state index < -0.39 is 0 Å². The third kappa shape index (κ3) is 2.94. The highest BCUT2D eigenvalue weighted by molar-refractivity contribution is 5.81. The molecule has 3 aliphatic rings. The van der Waals surface area contributed by atoms with Crippen LogP contribution in [0.2, 0.25) is 0 Å². The molecule has 0 bridgehead atoms. The van der Waals surface area contributed by atoms with Gasteiger partial charge >= 0.3 is 0 Å². The van der Waals surface area contributed by atoms with Gasteiger partial charge in [0.25, 0.3) is 5.56 Å². The van der Waals surface area contributed by atoms with Crippen molar-refractivity contribution in [2.24, 2.45) is 11.8 Å². The number of aromatic nitrogens is 2. The van der Waals surface area contributed by atoms with E-state index in [4.69, 9.17) is 0 Å². The molecule has 0 radical (unpaired) electrons. The minimum Gasteiger partial charge on any atom is -0.342 e. The second-order valence-electron chi connectivity index (χ2n) is 7.10. The van der Waals surface area contributed by atoms with Crippen LogP contribution in [0.15, 0.2) is 16.9 Å². The molecule has 5 nitrogen and oxygen atoms in total. The van der Waals surface area contributed by atoms with Crippen molar-refractivity contribution in [3.8, 4) is 0 Å². The number of likely N-dealkylation sites (tertiary alicyclic amines) is 1. The number of carbonyl (C=O) groups excluding carboxylic acids is 1. The SMILES string of the molecule is O=C(C1CC1)N1CCC(Cn2nc(C3CC3)ccc2=O)CC1. The first-order chi connectivity index (χ1) is 10.7. The van der Waals surface area contributed by atoms with Crippen LogP contribution in [0.1, 0.15) is 50.1 Å². The summed E-state index contributed by atoms with van der Waals surface area (Å²) >= 11 is 0. The van der Waals surface area contributed by atoms with Crippen molar-refractivity contribution in [3.63, 3.8) is 0 Å². The number of hydrogen-bond acceptors (Lipinski definition) is 3. The number of hydrogen-bond donors (Lipinski definition) is 0. The molecule has 1 aromatic rings. The van der Waals surface area contributed by atoms with Gasteiger partial charge in [0.1, 0.15) is 0 Å². The van der Waals surface area contributed by atoms with E-state index in [9.17, 15) is 9.59 Å². The molecule has 2 heterocycles.